The molecule has 0 saturated carbocycles. The predicted octanol–water partition coefficient (Wildman–Crippen LogP) is 2.49. The second-order valence-corrected chi connectivity index (χ2v) is 4.71. The first kappa shape index (κ1) is 15.3. The van der Waals surface area contributed by atoms with E-state index in [1.54, 1.807) is 26.0 Å². The number of rotatable bonds is 6. The molecule has 0 unspecified atom stereocenters. The van der Waals surface area contributed by atoms with Gasteiger partial charge in [-0.15, -0.1) is 0 Å². The Hall–Kier alpha value is -1.75. The molecular formula is C13H17ClN2O3. The summed E-state index contributed by atoms with van der Waals surface area (Å²) in [6, 6.07) is 4.56. The quantitative estimate of drug-likeness (QED) is 0.748. The second kappa shape index (κ2) is 5.93. The van der Waals surface area contributed by atoms with Gasteiger partial charge in [-0.1, -0.05) is 25.4 Å². The number of anilines is 1. The molecule has 0 saturated heterocycles. The van der Waals surface area contributed by atoms with Crippen molar-refractivity contribution >= 4 is 29.2 Å². The molecule has 0 atom stereocenters. The summed E-state index contributed by atoms with van der Waals surface area (Å²) in [6.07, 6.45) is 0.749. The van der Waals surface area contributed by atoms with Gasteiger partial charge in [-0.25, -0.2) is 4.79 Å². The number of aliphatic carboxylic acids is 1. The summed E-state index contributed by atoms with van der Waals surface area (Å²) in [4.78, 5) is 22.8. The first-order valence-electron chi connectivity index (χ1n) is 5.97. The molecule has 6 heteroatoms. The van der Waals surface area contributed by atoms with E-state index in [9.17, 15) is 14.7 Å². The Bertz CT molecular complexity index is 499. The van der Waals surface area contributed by atoms with Crippen LogP contribution in [0.2, 0.25) is 5.02 Å². The highest BCUT2D eigenvalue weighted by Gasteiger charge is 2.35. The van der Waals surface area contributed by atoms with E-state index in [0.717, 1.165) is 0 Å². The molecular weight excluding hydrogens is 268 g/mol. The maximum Gasteiger partial charge on any atom is 0.329 e. The van der Waals surface area contributed by atoms with Crippen LogP contribution in [0.1, 0.15) is 37.0 Å². The van der Waals surface area contributed by atoms with Gasteiger partial charge in [0, 0.05) is 10.7 Å². The van der Waals surface area contributed by atoms with Crippen LogP contribution in [0.25, 0.3) is 0 Å². The van der Waals surface area contributed by atoms with Gasteiger partial charge in [0.1, 0.15) is 5.54 Å². The lowest BCUT2D eigenvalue weighted by Gasteiger charge is -2.30. The molecule has 4 N–H and O–H groups in total. The van der Waals surface area contributed by atoms with Crippen LogP contribution in [0, 0.1) is 0 Å². The van der Waals surface area contributed by atoms with Gasteiger partial charge < -0.3 is 16.2 Å². The van der Waals surface area contributed by atoms with Crippen LogP contribution >= 0.6 is 11.6 Å². The number of carbonyl (C=O) groups excluding carboxylic acids is 1. The summed E-state index contributed by atoms with van der Waals surface area (Å²) < 4.78 is 0. The van der Waals surface area contributed by atoms with Crippen molar-refractivity contribution in [3.05, 3.63) is 28.8 Å². The highest BCUT2D eigenvalue weighted by molar-refractivity contribution is 6.31. The van der Waals surface area contributed by atoms with Crippen molar-refractivity contribution in [1.82, 2.24) is 0 Å². The van der Waals surface area contributed by atoms with Crippen molar-refractivity contribution in [3.8, 4) is 0 Å². The van der Waals surface area contributed by atoms with Gasteiger partial charge in [0.15, 0.2) is 0 Å². The van der Waals surface area contributed by atoms with Crippen LogP contribution in [0.15, 0.2) is 18.2 Å². The molecule has 104 valence electrons. The van der Waals surface area contributed by atoms with E-state index in [1.807, 2.05) is 0 Å². The summed E-state index contributed by atoms with van der Waals surface area (Å²) in [5.41, 5.74) is 4.71. The average molecular weight is 285 g/mol. The van der Waals surface area contributed by atoms with E-state index >= 15 is 0 Å². The fourth-order valence-electron chi connectivity index (χ4n) is 1.87. The van der Waals surface area contributed by atoms with Crippen LogP contribution in [-0.4, -0.2) is 22.5 Å². The zero-order chi connectivity index (χ0) is 14.6. The summed E-state index contributed by atoms with van der Waals surface area (Å²) in [5, 5.41) is 12.6. The number of nitrogens with two attached hydrogens (primary N) is 1. The summed E-state index contributed by atoms with van der Waals surface area (Å²) >= 11 is 5.81. The second-order valence-electron chi connectivity index (χ2n) is 4.27. The minimum Gasteiger partial charge on any atom is -0.480 e. The minimum absolute atomic E-state index is 0.181. The molecule has 0 heterocycles. The third kappa shape index (κ3) is 3.17. The number of carboxylic acid groups (broad SMARTS) is 1. The smallest absolute Gasteiger partial charge is 0.329 e. The van der Waals surface area contributed by atoms with Crippen LogP contribution in [0.3, 0.4) is 0 Å². The Kier molecular flexibility index (Phi) is 4.78. The zero-order valence-electron chi connectivity index (χ0n) is 10.9. The van der Waals surface area contributed by atoms with Crippen LogP contribution in [0.4, 0.5) is 5.69 Å². The predicted molar refractivity (Wildman–Crippen MR) is 74.5 cm³/mol. The highest BCUT2D eigenvalue weighted by Crippen LogP contribution is 2.27. The van der Waals surface area contributed by atoms with Crippen molar-refractivity contribution in [2.24, 2.45) is 5.73 Å². The lowest BCUT2D eigenvalue weighted by atomic mass is 9.92. The number of benzene rings is 1. The van der Waals surface area contributed by atoms with E-state index in [4.69, 9.17) is 17.3 Å². The maximum atomic E-state index is 11.4. The first-order chi connectivity index (χ1) is 8.86. The Balaban J connectivity index is 3.24. The van der Waals surface area contributed by atoms with E-state index in [-0.39, 0.29) is 5.56 Å². The molecule has 0 aliphatic carbocycles. The Morgan fingerprint density at radius 3 is 2.37 bits per heavy atom. The van der Waals surface area contributed by atoms with Crippen molar-refractivity contribution in [1.29, 1.82) is 0 Å². The van der Waals surface area contributed by atoms with Crippen molar-refractivity contribution < 1.29 is 14.7 Å². The number of halogens is 1. The molecule has 0 fully saturated rings. The molecule has 0 aromatic heterocycles. The molecule has 1 amide bonds. The fraction of sp³-hybridized carbons (Fsp3) is 0.385. The Morgan fingerprint density at radius 1 is 1.37 bits per heavy atom. The van der Waals surface area contributed by atoms with Gasteiger partial charge in [-0.2, -0.15) is 0 Å². The third-order valence-electron chi connectivity index (χ3n) is 3.24. The average Bonchev–Trinajstić information content (AvgIpc) is 2.37. The normalized spacial score (nSPS) is 11.1. The van der Waals surface area contributed by atoms with E-state index in [2.05, 4.69) is 5.32 Å². The minimum atomic E-state index is -1.13. The lowest BCUT2D eigenvalue weighted by molar-refractivity contribution is -0.142. The fourth-order valence-corrected chi connectivity index (χ4v) is 2.04. The number of hydrogen-bond donors (Lipinski definition) is 3. The zero-order valence-corrected chi connectivity index (χ0v) is 11.6. The van der Waals surface area contributed by atoms with E-state index in [1.165, 1.54) is 6.07 Å². The molecule has 1 aromatic rings. The molecule has 0 spiro atoms. The number of carboxylic acids is 1. The number of amides is 1. The Labute approximate surface area is 116 Å². The third-order valence-corrected chi connectivity index (χ3v) is 3.47. The molecule has 0 bridgehead atoms. The standard InChI is InChI=1S/C13H17ClN2O3/c1-3-13(4-2,12(18)19)16-10-6-5-8(14)7-9(10)11(15)17/h5-7,16H,3-4H2,1-2H3,(H2,15,17)(H,18,19). The number of primary amides is 1. The van der Waals surface area contributed by atoms with Crippen molar-refractivity contribution in [2.45, 2.75) is 32.2 Å². The van der Waals surface area contributed by atoms with Gasteiger partial charge in [0.25, 0.3) is 5.91 Å². The van der Waals surface area contributed by atoms with E-state index in [0.29, 0.717) is 23.6 Å². The van der Waals surface area contributed by atoms with Gasteiger partial charge in [-0.05, 0) is 31.0 Å². The maximum absolute atomic E-state index is 11.4. The lowest BCUT2D eigenvalue weighted by Crippen LogP contribution is -2.45. The number of hydrogen-bond acceptors (Lipinski definition) is 3. The van der Waals surface area contributed by atoms with Gasteiger partial charge in [-0.3, -0.25) is 4.79 Å². The molecule has 19 heavy (non-hydrogen) atoms. The molecule has 1 aromatic carbocycles. The monoisotopic (exact) mass is 284 g/mol. The molecule has 5 nitrogen and oxygen atoms in total. The van der Waals surface area contributed by atoms with Crippen molar-refractivity contribution in [3.63, 3.8) is 0 Å². The summed E-state index contributed by atoms with van der Waals surface area (Å²) in [7, 11) is 0. The van der Waals surface area contributed by atoms with Crippen LogP contribution in [-0.2, 0) is 4.79 Å². The van der Waals surface area contributed by atoms with Gasteiger partial charge in [0.05, 0.1) is 5.56 Å². The van der Waals surface area contributed by atoms with Gasteiger partial charge in [0.2, 0.25) is 0 Å². The molecule has 1 rings (SSSR count). The van der Waals surface area contributed by atoms with E-state index < -0.39 is 17.4 Å². The molecule has 0 aliphatic rings. The number of nitrogens with one attached hydrogen (secondary N) is 1. The molecule has 0 aliphatic heterocycles. The first-order valence-corrected chi connectivity index (χ1v) is 6.35. The van der Waals surface area contributed by atoms with Gasteiger partial charge >= 0.3 is 5.97 Å². The highest BCUT2D eigenvalue weighted by atomic mass is 35.5. The van der Waals surface area contributed by atoms with Crippen LogP contribution < -0.4 is 11.1 Å². The summed E-state index contributed by atoms with van der Waals surface area (Å²) in [5.74, 6) is -1.63. The summed E-state index contributed by atoms with van der Waals surface area (Å²) in [6.45, 7) is 3.54. The molecule has 0 radical (unpaired) electrons. The Morgan fingerprint density at radius 2 is 1.95 bits per heavy atom. The topological polar surface area (TPSA) is 92.4 Å². The number of carbonyl (C=O) groups is 2. The SMILES string of the molecule is CCC(CC)(Nc1ccc(Cl)cc1C(N)=O)C(=O)O. The largest absolute Gasteiger partial charge is 0.480 e. The van der Waals surface area contributed by atoms with Crippen LogP contribution in [0.5, 0.6) is 0 Å². The van der Waals surface area contributed by atoms with Crippen molar-refractivity contribution in [2.75, 3.05) is 5.32 Å².